The monoisotopic (exact) mass is 423 g/mol. The first-order chi connectivity index (χ1) is 14.2. The van der Waals surface area contributed by atoms with Crippen LogP contribution in [0.5, 0.6) is 0 Å². The number of carboxylic acids is 1. The largest absolute Gasteiger partial charge is 0.481 e. The maximum absolute atomic E-state index is 12.7. The molecule has 4 aliphatic rings. The molecule has 168 valence electrons. The van der Waals surface area contributed by atoms with Crippen molar-refractivity contribution in [3.8, 4) is 0 Å². The van der Waals surface area contributed by atoms with Crippen LogP contribution in [0.3, 0.4) is 0 Å². The highest BCUT2D eigenvalue weighted by Gasteiger charge is 2.73. The molecular formula is C21H33N3O6. The molecule has 3 aliphatic heterocycles. The molecule has 2 saturated heterocycles. The fraction of sp³-hybridized carbons (Fsp3) is 0.857. The van der Waals surface area contributed by atoms with Gasteiger partial charge < -0.3 is 24.3 Å². The van der Waals surface area contributed by atoms with Gasteiger partial charge in [0.05, 0.1) is 5.41 Å². The Morgan fingerprint density at radius 1 is 1.20 bits per heavy atom. The summed E-state index contributed by atoms with van der Waals surface area (Å²) in [5, 5.41) is 14.3. The quantitative estimate of drug-likeness (QED) is 0.740. The van der Waals surface area contributed by atoms with Crippen LogP contribution in [-0.2, 0) is 19.1 Å². The van der Waals surface area contributed by atoms with Crippen LogP contribution >= 0.6 is 0 Å². The van der Waals surface area contributed by atoms with E-state index >= 15 is 0 Å². The van der Waals surface area contributed by atoms with Gasteiger partial charge in [0.25, 0.3) is 0 Å². The summed E-state index contributed by atoms with van der Waals surface area (Å²) in [6.45, 7) is 8.88. The number of nitrogens with zero attached hydrogens (tertiary/aromatic N) is 3. The zero-order chi connectivity index (χ0) is 21.6. The summed E-state index contributed by atoms with van der Waals surface area (Å²) in [6.07, 6.45) is 4.01. The van der Waals surface area contributed by atoms with Crippen molar-refractivity contribution in [3.05, 3.63) is 0 Å². The summed E-state index contributed by atoms with van der Waals surface area (Å²) < 4.78 is 11.7. The lowest BCUT2D eigenvalue weighted by Gasteiger charge is -2.51. The van der Waals surface area contributed by atoms with Crippen LogP contribution in [0.4, 0.5) is 4.79 Å². The van der Waals surface area contributed by atoms with E-state index in [1.165, 1.54) is 24.2 Å². The standard InChI is InChI=1S/C21H33N3O6/c1-19(2,3)30-18(27)24-13-20(7-8-21(20,14-24)17(25)26)16-22-28-12-15(29-16)11-23-9-5-4-6-10-23/h15H,4-14H2,1-3H3,(H,25,26)/t15-,20-,21+/m1/s1. The fourth-order valence-electron chi connectivity index (χ4n) is 5.22. The SMILES string of the molecule is CC(C)(C)OC(=O)N1C[C@]2(C(=O)O)CC[C@]2(C2=NOC[C@@H](CN3CCCCC3)O2)C1. The van der Waals surface area contributed by atoms with E-state index in [9.17, 15) is 14.7 Å². The van der Waals surface area contributed by atoms with E-state index in [1.807, 2.05) is 0 Å². The number of rotatable bonds is 4. The average molecular weight is 424 g/mol. The molecule has 9 heteroatoms. The van der Waals surface area contributed by atoms with Crippen LogP contribution in [0.15, 0.2) is 5.16 Å². The summed E-state index contributed by atoms with van der Waals surface area (Å²) in [7, 11) is 0. The summed E-state index contributed by atoms with van der Waals surface area (Å²) in [5.74, 6) is -0.597. The van der Waals surface area contributed by atoms with E-state index in [1.54, 1.807) is 20.8 Å². The van der Waals surface area contributed by atoms with Crippen molar-refractivity contribution in [1.29, 1.82) is 0 Å². The minimum absolute atomic E-state index is 0.0937. The lowest BCUT2D eigenvalue weighted by atomic mass is 9.51. The zero-order valence-corrected chi connectivity index (χ0v) is 18.2. The highest BCUT2D eigenvalue weighted by atomic mass is 16.7. The number of fused-ring (bicyclic) bond motifs is 1. The van der Waals surface area contributed by atoms with Gasteiger partial charge in [-0.15, -0.1) is 0 Å². The number of carboxylic acid groups (broad SMARTS) is 1. The van der Waals surface area contributed by atoms with E-state index in [0.717, 1.165) is 19.6 Å². The molecule has 0 aromatic heterocycles. The lowest BCUT2D eigenvalue weighted by molar-refractivity contribution is -0.163. The first-order valence-electron chi connectivity index (χ1n) is 11.0. The van der Waals surface area contributed by atoms with E-state index in [4.69, 9.17) is 14.3 Å². The third-order valence-electron chi connectivity index (χ3n) is 6.88. The molecule has 1 amide bonds. The number of aliphatic carboxylic acids is 1. The molecule has 0 unspecified atom stereocenters. The number of carbonyl (C=O) groups excluding carboxylic acids is 1. The van der Waals surface area contributed by atoms with E-state index in [0.29, 0.717) is 25.3 Å². The minimum atomic E-state index is -1.11. The normalized spacial score (nSPS) is 34.2. The number of carbonyl (C=O) groups is 2. The number of hydrogen-bond acceptors (Lipinski definition) is 7. The Balaban J connectivity index is 1.51. The Bertz CT molecular complexity index is 729. The van der Waals surface area contributed by atoms with Crippen LogP contribution in [-0.4, -0.2) is 83.9 Å². The van der Waals surface area contributed by atoms with Crippen molar-refractivity contribution >= 4 is 18.0 Å². The second-order valence-electron chi connectivity index (χ2n) is 10.1. The smallest absolute Gasteiger partial charge is 0.410 e. The molecule has 30 heavy (non-hydrogen) atoms. The van der Waals surface area contributed by atoms with Gasteiger partial charge in [0.1, 0.15) is 17.1 Å². The molecule has 1 saturated carbocycles. The van der Waals surface area contributed by atoms with Crippen LogP contribution in [0.25, 0.3) is 0 Å². The molecule has 1 N–H and O–H groups in total. The first kappa shape index (κ1) is 21.2. The second-order valence-corrected chi connectivity index (χ2v) is 10.1. The summed E-state index contributed by atoms with van der Waals surface area (Å²) in [6, 6.07) is 0. The third kappa shape index (κ3) is 3.61. The van der Waals surface area contributed by atoms with Gasteiger partial charge in [-0.25, -0.2) is 4.79 Å². The number of oxime groups is 1. The van der Waals surface area contributed by atoms with E-state index in [-0.39, 0.29) is 19.2 Å². The maximum atomic E-state index is 12.7. The molecular weight excluding hydrogens is 390 g/mol. The maximum Gasteiger partial charge on any atom is 0.410 e. The van der Waals surface area contributed by atoms with Gasteiger partial charge in [-0.3, -0.25) is 9.69 Å². The van der Waals surface area contributed by atoms with Crippen molar-refractivity contribution in [2.75, 3.05) is 39.3 Å². The van der Waals surface area contributed by atoms with Crippen LogP contribution in [0, 0.1) is 10.8 Å². The Morgan fingerprint density at radius 2 is 1.93 bits per heavy atom. The van der Waals surface area contributed by atoms with Crippen molar-refractivity contribution in [2.24, 2.45) is 16.0 Å². The van der Waals surface area contributed by atoms with Crippen LogP contribution < -0.4 is 0 Å². The zero-order valence-electron chi connectivity index (χ0n) is 18.2. The van der Waals surface area contributed by atoms with Crippen LogP contribution in [0.2, 0.25) is 0 Å². The van der Waals surface area contributed by atoms with E-state index in [2.05, 4.69) is 10.1 Å². The van der Waals surface area contributed by atoms with Crippen molar-refractivity contribution in [2.45, 2.75) is 64.6 Å². The predicted octanol–water partition coefficient (Wildman–Crippen LogP) is 2.30. The highest BCUT2D eigenvalue weighted by Crippen LogP contribution is 2.63. The Morgan fingerprint density at radius 3 is 2.53 bits per heavy atom. The summed E-state index contributed by atoms with van der Waals surface area (Å²) in [4.78, 5) is 34.4. The number of likely N-dealkylation sites (tertiary alicyclic amines) is 2. The van der Waals surface area contributed by atoms with Crippen molar-refractivity contribution < 1.29 is 29.0 Å². The van der Waals surface area contributed by atoms with Gasteiger partial charge in [-0.05, 0) is 59.5 Å². The highest BCUT2D eigenvalue weighted by molar-refractivity contribution is 5.95. The third-order valence-corrected chi connectivity index (χ3v) is 6.88. The minimum Gasteiger partial charge on any atom is -0.481 e. The van der Waals surface area contributed by atoms with Gasteiger partial charge in [0.2, 0.25) is 5.90 Å². The number of amides is 1. The molecule has 4 rings (SSSR count). The van der Waals surface area contributed by atoms with Gasteiger partial charge in [-0.1, -0.05) is 11.6 Å². The number of ether oxygens (including phenoxy) is 2. The van der Waals surface area contributed by atoms with Gasteiger partial charge in [0, 0.05) is 19.6 Å². The van der Waals surface area contributed by atoms with Gasteiger partial charge in [0.15, 0.2) is 6.61 Å². The Hall–Kier alpha value is -2.03. The van der Waals surface area contributed by atoms with Crippen molar-refractivity contribution in [3.63, 3.8) is 0 Å². The second kappa shape index (κ2) is 7.59. The Labute approximate surface area is 177 Å². The lowest BCUT2D eigenvalue weighted by Crippen LogP contribution is -2.61. The molecule has 0 spiro atoms. The average Bonchev–Trinajstić information content (AvgIpc) is 2.90. The van der Waals surface area contributed by atoms with Gasteiger partial charge >= 0.3 is 12.1 Å². The molecule has 3 fully saturated rings. The first-order valence-corrected chi connectivity index (χ1v) is 11.0. The molecule has 1 aliphatic carbocycles. The molecule has 3 atom stereocenters. The topological polar surface area (TPSA) is 101 Å². The molecule has 3 heterocycles. The molecule has 0 aromatic rings. The van der Waals surface area contributed by atoms with Gasteiger partial charge in [-0.2, -0.15) is 0 Å². The van der Waals surface area contributed by atoms with Crippen molar-refractivity contribution in [1.82, 2.24) is 9.80 Å². The fourth-order valence-corrected chi connectivity index (χ4v) is 5.22. The summed E-state index contributed by atoms with van der Waals surface area (Å²) >= 11 is 0. The molecule has 0 aromatic carbocycles. The van der Waals surface area contributed by atoms with E-state index < -0.39 is 28.5 Å². The molecule has 0 radical (unpaired) electrons. The van der Waals surface area contributed by atoms with Crippen LogP contribution in [0.1, 0.15) is 52.9 Å². The molecule has 9 nitrogen and oxygen atoms in total. The Kier molecular flexibility index (Phi) is 5.36. The number of hydrogen-bond donors (Lipinski definition) is 1. The predicted molar refractivity (Wildman–Crippen MR) is 108 cm³/mol. The summed E-state index contributed by atoms with van der Waals surface area (Å²) in [5.41, 5.74) is -2.63. The number of piperidine rings is 1. The molecule has 0 bridgehead atoms.